The Morgan fingerprint density at radius 1 is 0.943 bits per heavy atom. The maximum absolute atomic E-state index is 12.0. The molecule has 180 valence electrons. The number of sulfone groups is 1. The van der Waals surface area contributed by atoms with Crippen molar-refractivity contribution in [1.29, 1.82) is 0 Å². The van der Waals surface area contributed by atoms with Gasteiger partial charge in [0.2, 0.25) is 0 Å². The summed E-state index contributed by atoms with van der Waals surface area (Å²) in [5.41, 5.74) is 5.30. The molecule has 0 spiro atoms. The van der Waals surface area contributed by atoms with Crippen LogP contribution in [-0.2, 0) is 26.5 Å². The topological polar surface area (TPSA) is 84.3 Å². The standard InChI is InChI=1S/C29H29NO4S/c1-19(35(4,33)34)14-20-15-24-11-7-13-30-27(24)26(16-20)23-10-5-8-21(17-23)22-9-6-12-25(18-22)29(2,3)28(31)32/h5-13,15-19H,14H2,1-4H3,(H,31,32). The number of rotatable bonds is 7. The van der Waals surface area contributed by atoms with E-state index in [0.717, 1.165) is 44.3 Å². The predicted molar refractivity (Wildman–Crippen MR) is 141 cm³/mol. The quantitative estimate of drug-likeness (QED) is 0.350. The molecule has 35 heavy (non-hydrogen) atoms. The maximum atomic E-state index is 12.0. The molecule has 0 saturated heterocycles. The largest absolute Gasteiger partial charge is 0.481 e. The SMILES string of the molecule is CC(Cc1cc(-c2cccc(-c3cccc(C(C)(C)C(=O)O)c3)c2)c2ncccc2c1)S(C)(=O)=O. The van der Waals surface area contributed by atoms with Crippen LogP contribution in [0.15, 0.2) is 79.0 Å². The van der Waals surface area contributed by atoms with Crippen molar-refractivity contribution in [3.63, 3.8) is 0 Å². The van der Waals surface area contributed by atoms with Gasteiger partial charge in [-0.3, -0.25) is 9.78 Å². The lowest BCUT2D eigenvalue weighted by Gasteiger charge is -2.20. The van der Waals surface area contributed by atoms with E-state index in [9.17, 15) is 18.3 Å². The minimum atomic E-state index is -3.15. The van der Waals surface area contributed by atoms with E-state index < -0.39 is 26.5 Å². The lowest BCUT2D eigenvalue weighted by Crippen LogP contribution is -2.28. The van der Waals surface area contributed by atoms with Gasteiger partial charge in [0.1, 0.15) is 9.84 Å². The number of pyridine rings is 1. The second kappa shape index (κ2) is 9.27. The number of hydrogen-bond acceptors (Lipinski definition) is 4. The van der Waals surface area contributed by atoms with E-state index >= 15 is 0 Å². The number of nitrogens with zero attached hydrogens (tertiary/aromatic N) is 1. The van der Waals surface area contributed by atoms with Crippen LogP contribution >= 0.6 is 0 Å². The van der Waals surface area contributed by atoms with Gasteiger partial charge in [-0.05, 0) is 79.3 Å². The van der Waals surface area contributed by atoms with Gasteiger partial charge in [0.25, 0.3) is 0 Å². The van der Waals surface area contributed by atoms with Crippen molar-refractivity contribution in [3.8, 4) is 22.3 Å². The van der Waals surface area contributed by atoms with E-state index in [-0.39, 0.29) is 0 Å². The Hall–Kier alpha value is -3.51. The van der Waals surface area contributed by atoms with Gasteiger partial charge in [-0.2, -0.15) is 0 Å². The molecule has 5 nitrogen and oxygen atoms in total. The molecular weight excluding hydrogens is 458 g/mol. The van der Waals surface area contributed by atoms with Crippen LogP contribution in [-0.4, -0.2) is 36.0 Å². The summed E-state index contributed by atoms with van der Waals surface area (Å²) in [7, 11) is -3.15. The number of carbonyl (C=O) groups is 1. The van der Waals surface area contributed by atoms with Crippen molar-refractivity contribution in [2.45, 2.75) is 37.9 Å². The van der Waals surface area contributed by atoms with Crippen LogP contribution in [0.5, 0.6) is 0 Å². The molecule has 1 aromatic heterocycles. The summed E-state index contributed by atoms with van der Waals surface area (Å²) in [6.45, 7) is 5.13. The van der Waals surface area contributed by atoms with E-state index in [0.29, 0.717) is 6.42 Å². The summed E-state index contributed by atoms with van der Waals surface area (Å²) in [5.74, 6) is -0.874. The number of aromatic nitrogens is 1. The fraction of sp³-hybridized carbons (Fsp3) is 0.241. The molecule has 0 radical (unpaired) electrons. The van der Waals surface area contributed by atoms with Crippen molar-refractivity contribution in [2.75, 3.05) is 6.26 Å². The van der Waals surface area contributed by atoms with Gasteiger partial charge in [0.05, 0.1) is 16.2 Å². The van der Waals surface area contributed by atoms with Gasteiger partial charge < -0.3 is 5.11 Å². The Kier molecular flexibility index (Phi) is 6.52. The van der Waals surface area contributed by atoms with Crippen LogP contribution in [0.3, 0.4) is 0 Å². The van der Waals surface area contributed by atoms with Crippen LogP contribution in [0.2, 0.25) is 0 Å². The Morgan fingerprint density at radius 3 is 2.29 bits per heavy atom. The molecule has 0 amide bonds. The molecule has 3 aromatic carbocycles. The number of benzene rings is 3. The molecule has 0 saturated carbocycles. The molecule has 0 aliphatic heterocycles. The van der Waals surface area contributed by atoms with E-state index in [4.69, 9.17) is 0 Å². The average molecular weight is 488 g/mol. The third-order valence-electron chi connectivity index (χ3n) is 6.64. The summed E-state index contributed by atoms with van der Waals surface area (Å²) < 4.78 is 24.1. The molecule has 1 N–H and O–H groups in total. The number of carboxylic acid groups (broad SMARTS) is 1. The molecule has 1 atom stereocenters. The van der Waals surface area contributed by atoms with Crippen molar-refractivity contribution >= 4 is 26.7 Å². The monoisotopic (exact) mass is 487 g/mol. The van der Waals surface area contributed by atoms with E-state index in [1.165, 1.54) is 6.26 Å². The Bertz CT molecular complexity index is 1520. The fourth-order valence-electron chi connectivity index (χ4n) is 4.15. The molecule has 0 bridgehead atoms. The third kappa shape index (κ3) is 5.13. The van der Waals surface area contributed by atoms with Crippen LogP contribution < -0.4 is 0 Å². The summed E-state index contributed by atoms with van der Waals surface area (Å²) in [5, 5.41) is 10.1. The predicted octanol–water partition coefficient (Wildman–Crippen LogP) is 5.91. The van der Waals surface area contributed by atoms with Crippen molar-refractivity contribution < 1.29 is 18.3 Å². The fourth-order valence-corrected chi connectivity index (χ4v) is 4.65. The van der Waals surface area contributed by atoms with Crippen molar-refractivity contribution in [2.24, 2.45) is 0 Å². The number of carboxylic acids is 1. The lowest BCUT2D eigenvalue weighted by atomic mass is 9.83. The average Bonchev–Trinajstić information content (AvgIpc) is 2.83. The lowest BCUT2D eigenvalue weighted by molar-refractivity contribution is -0.142. The summed E-state index contributed by atoms with van der Waals surface area (Å²) >= 11 is 0. The molecule has 1 unspecified atom stereocenters. The number of fused-ring (bicyclic) bond motifs is 1. The van der Waals surface area contributed by atoms with Crippen LogP contribution in [0.25, 0.3) is 33.2 Å². The molecular formula is C29H29NO4S. The first-order chi connectivity index (χ1) is 16.5. The van der Waals surface area contributed by atoms with Crippen LogP contribution in [0, 0.1) is 0 Å². The van der Waals surface area contributed by atoms with Crippen molar-refractivity contribution in [1.82, 2.24) is 4.98 Å². The van der Waals surface area contributed by atoms with Crippen LogP contribution in [0.4, 0.5) is 0 Å². The van der Waals surface area contributed by atoms with Gasteiger partial charge in [0, 0.05) is 23.4 Å². The second-order valence-corrected chi connectivity index (χ2v) is 12.1. The maximum Gasteiger partial charge on any atom is 0.313 e. The first-order valence-corrected chi connectivity index (χ1v) is 13.4. The minimum Gasteiger partial charge on any atom is -0.481 e. The molecule has 0 aliphatic rings. The highest BCUT2D eigenvalue weighted by Gasteiger charge is 2.29. The second-order valence-electron chi connectivity index (χ2n) is 9.65. The zero-order chi connectivity index (χ0) is 25.4. The highest BCUT2D eigenvalue weighted by Crippen LogP contribution is 2.34. The van der Waals surface area contributed by atoms with E-state index in [2.05, 4.69) is 11.1 Å². The summed E-state index contributed by atoms with van der Waals surface area (Å²) in [4.78, 5) is 16.4. The zero-order valence-corrected chi connectivity index (χ0v) is 21.1. The first-order valence-electron chi connectivity index (χ1n) is 11.5. The molecule has 4 aromatic rings. The zero-order valence-electron chi connectivity index (χ0n) is 20.3. The smallest absolute Gasteiger partial charge is 0.313 e. The number of aliphatic carboxylic acids is 1. The van der Waals surface area contributed by atoms with Gasteiger partial charge in [-0.25, -0.2) is 8.42 Å². The highest BCUT2D eigenvalue weighted by molar-refractivity contribution is 7.91. The Labute approximate surface area is 206 Å². The Balaban J connectivity index is 1.82. The Morgan fingerprint density at radius 2 is 1.60 bits per heavy atom. The van der Waals surface area contributed by atoms with Gasteiger partial charge >= 0.3 is 5.97 Å². The van der Waals surface area contributed by atoms with Crippen molar-refractivity contribution in [3.05, 3.63) is 90.1 Å². The van der Waals surface area contributed by atoms with E-state index in [1.807, 2.05) is 66.7 Å². The van der Waals surface area contributed by atoms with Gasteiger partial charge in [-0.1, -0.05) is 48.5 Å². The molecule has 6 heteroatoms. The highest BCUT2D eigenvalue weighted by atomic mass is 32.2. The molecule has 0 fully saturated rings. The van der Waals surface area contributed by atoms with Gasteiger partial charge in [-0.15, -0.1) is 0 Å². The summed E-state index contributed by atoms with van der Waals surface area (Å²) in [6.07, 6.45) is 3.44. The third-order valence-corrected chi connectivity index (χ3v) is 8.27. The number of hydrogen-bond donors (Lipinski definition) is 1. The van der Waals surface area contributed by atoms with Gasteiger partial charge in [0.15, 0.2) is 0 Å². The van der Waals surface area contributed by atoms with Crippen LogP contribution in [0.1, 0.15) is 31.9 Å². The molecule has 4 rings (SSSR count). The first kappa shape index (κ1) is 24.6. The normalized spacial score (nSPS) is 13.0. The molecule has 1 heterocycles. The minimum absolute atomic E-state index is 0.419. The summed E-state index contributed by atoms with van der Waals surface area (Å²) in [6, 6.07) is 23.6. The van der Waals surface area contributed by atoms with E-state index in [1.54, 1.807) is 27.0 Å². The molecule has 0 aliphatic carbocycles.